The maximum Gasteiger partial charge on any atom is 0.315 e. The Morgan fingerprint density at radius 1 is 1.14 bits per heavy atom. The van der Waals surface area contributed by atoms with E-state index < -0.39 is 0 Å². The summed E-state index contributed by atoms with van der Waals surface area (Å²) < 4.78 is 16.3. The molecule has 1 saturated carbocycles. The van der Waals surface area contributed by atoms with Crippen LogP contribution in [0.5, 0.6) is 11.5 Å². The first kappa shape index (κ1) is 20.7. The highest BCUT2D eigenvalue weighted by Gasteiger charge is 2.25. The van der Waals surface area contributed by atoms with E-state index in [2.05, 4.69) is 15.5 Å². The molecule has 7 nitrogen and oxygen atoms in total. The lowest BCUT2D eigenvalue weighted by Gasteiger charge is -2.35. The number of nitrogens with zero attached hydrogens (tertiary/aromatic N) is 1. The number of morpholine rings is 1. The van der Waals surface area contributed by atoms with E-state index in [-0.39, 0.29) is 12.1 Å². The maximum absolute atomic E-state index is 12.4. The maximum atomic E-state index is 12.4. The molecule has 2 amide bonds. The third kappa shape index (κ3) is 5.52. The Balaban J connectivity index is 1.67. The van der Waals surface area contributed by atoms with Crippen molar-refractivity contribution < 1.29 is 19.0 Å². The fourth-order valence-corrected chi connectivity index (χ4v) is 4.08. The molecule has 2 aliphatic rings. The Labute approximate surface area is 167 Å². The zero-order valence-corrected chi connectivity index (χ0v) is 17.0. The minimum absolute atomic E-state index is 0.0563. The molecule has 0 radical (unpaired) electrons. The standard InChI is InChI=1S/C21H33N3O4/c1-26-19-9-8-16(14-20(19)27-2)18(24-10-12-28-13-11-24)15-22-21(25)23-17-6-4-3-5-7-17/h8-9,14,17-18H,3-7,10-13,15H2,1-2H3,(H2,22,23,25). The number of amides is 2. The van der Waals surface area contributed by atoms with Crippen LogP contribution in [-0.2, 0) is 4.74 Å². The molecule has 0 spiro atoms. The molecule has 1 atom stereocenters. The molecule has 1 aliphatic heterocycles. The number of carbonyl (C=O) groups excluding carboxylic acids is 1. The number of methoxy groups -OCH3 is 2. The van der Waals surface area contributed by atoms with Crippen LogP contribution in [0.2, 0.25) is 0 Å². The van der Waals surface area contributed by atoms with Gasteiger partial charge in [0.2, 0.25) is 0 Å². The Morgan fingerprint density at radius 2 is 1.86 bits per heavy atom. The molecule has 1 aromatic carbocycles. The van der Waals surface area contributed by atoms with Crippen LogP contribution >= 0.6 is 0 Å². The average molecular weight is 392 g/mol. The second-order valence-corrected chi connectivity index (χ2v) is 7.47. The number of urea groups is 1. The molecule has 3 rings (SSSR count). The Kier molecular flexibility index (Phi) is 7.80. The molecule has 0 aromatic heterocycles. The Morgan fingerprint density at radius 3 is 2.54 bits per heavy atom. The van der Waals surface area contributed by atoms with Gasteiger partial charge < -0.3 is 24.8 Å². The van der Waals surface area contributed by atoms with Crippen molar-refractivity contribution in [2.45, 2.75) is 44.2 Å². The molecule has 156 valence electrons. The van der Waals surface area contributed by atoms with Gasteiger partial charge in [-0.25, -0.2) is 4.79 Å². The molecule has 1 aromatic rings. The summed E-state index contributed by atoms with van der Waals surface area (Å²) in [4.78, 5) is 14.8. The van der Waals surface area contributed by atoms with Gasteiger partial charge in [-0.05, 0) is 30.5 Å². The first-order valence-corrected chi connectivity index (χ1v) is 10.3. The summed E-state index contributed by atoms with van der Waals surface area (Å²) >= 11 is 0. The molecule has 1 saturated heterocycles. The van der Waals surface area contributed by atoms with Crippen LogP contribution < -0.4 is 20.1 Å². The van der Waals surface area contributed by atoms with E-state index in [0.717, 1.165) is 31.5 Å². The molecule has 2 fully saturated rings. The van der Waals surface area contributed by atoms with E-state index in [1.54, 1.807) is 14.2 Å². The van der Waals surface area contributed by atoms with Crippen LogP contribution in [0.1, 0.15) is 43.7 Å². The summed E-state index contributed by atoms with van der Waals surface area (Å²) in [5.41, 5.74) is 1.09. The van der Waals surface area contributed by atoms with Crippen molar-refractivity contribution in [3.8, 4) is 11.5 Å². The number of nitrogens with one attached hydrogen (secondary N) is 2. The molecule has 7 heteroatoms. The largest absolute Gasteiger partial charge is 0.493 e. The minimum Gasteiger partial charge on any atom is -0.493 e. The summed E-state index contributed by atoms with van der Waals surface area (Å²) in [7, 11) is 3.27. The van der Waals surface area contributed by atoms with Crippen molar-refractivity contribution in [3.63, 3.8) is 0 Å². The first-order chi connectivity index (χ1) is 13.7. The van der Waals surface area contributed by atoms with Crippen LogP contribution in [0.25, 0.3) is 0 Å². The molecule has 1 aliphatic carbocycles. The summed E-state index contributed by atoms with van der Waals surface area (Å²) in [6, 6.07) is 6.24. The molecule has 0 bridgehead atoms. The quantitative estimate of drug-likeness (QED) is 0.748. The summed E-state index contributed by atoms with van der Waals surface area (Å²) in [5, 5.41) is 6.22. The predicted molar refractivity (Wildman–Crippen MR) is 108 cm³/mol. The van der Waals surface area contributed by atoms with Gasteiger partial charge in [-0.3, -0.25) is 4.90 Å². The van der Waals surface area contributed by atoms with Crippen LogP contribution in [0.3, 0.4) is 0 Å². The SMILES string of the molecule is COc1ccc(C(CNC(=O)NC2CCCCC2)N2CCOCC2)cc1OC. The number of hydrogen-bond donors (Lipinski definition) is 2. The Bertz CT molecular complexity index is 628. The topological polar surface area (TPSA) is 72.1 Å². The zero-order valence-electron chi connectivity index (χ0n) is 17.0. The lowest BCUT2D eigenvalue weighted by molar-refractivity contribution is 0.0166. The lowest BCUT2D eigenvalue weighted by atomic mass is 9.96. The molecular formula is C21H33N3O4. The van der Waals surface area contributed by atoms with E-state index in [4.69, 9.17) is 14.2 Å². The number of carbonyl (C=O) groups is 1. The van der Waals surface area contributed by atoms with Gasteiger partial charge in [0.1, 0.15) is 0 Å². The summed E-state index contributed by atoms with van der Waals surface area (Å²) in [6.07, 6.45) is 5.84. The predicted octanol–water partition coefficient (Wildman–Crippen LogP) is 2.71. The fraction of sp³-hybridized carbons (Fsp3) is 0.667. The van der Waals surface area contributed by atoms with Crippen molar-refractivity contribution in [2.75, 3.05) is 47.1 Å². The highest BCUT2D eigenvalue weighted by molar-refractivity contribution is 5.74. The van der Waals surface area contributed by atoms with Crippen molar-refractivity contribution in [2.24, 2.45) is 0 Å². The van der Waals surface area contributed by atoms with Crippen LogP contribution in [0, 0.1) is 0 Å². The van der Waals surface area contributed by atoms with E-state index in [9.17, 15) is 4.79 Å². The van der Waals surface area contributed by atoms with Gasteiger partial charge in [-0.15, -0.1) is 0 Å². The van der Waals surface area contributed by atoms with Gasteiger partial charge in [-0.1, -0.05) is 25.3 Å². The van der Waals surface area contributed by atoms with Gasteiger partial charge in [0, 0.05) is 25.7 Å². The van der Waals surface area contributed by atoms with Crippen molar-refractivity contribution in [3.05, 3.63) is 23.8 Å². The van der Waals surface area contributed by atoms with Crippen LogP contribution in [0.4, 0.5) is 4.79 Å². The number of benzene rings is 1. The van der Waals surface area contributed by atoms with Crippen LogP contribution in [0.15, 0.2) is 18.2 Å². The van der Waals surface area contributed by atoms with Gasteiger partial charge >= 0.3 is 6.03 Å². The molecular weight excluding hydrogens is 358 g/mol. The first-order valence-electron chi connectivity index (χ1n) is 10.3. The molecule has 1 heterocycles. The normalized spacial score (nSPS) is 19.6. The highest BCUT2D eigenvalue weighted by atomic mass is 16.5. The fourth-order valence-electron chi connectivity index (χ4n) is 4.08. The van der Waals surface area contributed by atoms with Crippen molar-refractivity contribution in [1.29, 1.82) is 0 Å². The second-order valence-electron chi connectivity index (χ2n) is 7.47. The smallest absolute Gasteiger partial charge is 0.315 e. The van der Waals surface area contributed by atoms with E-state index >= 15 is 0 Å². The zero-order chi connectivity index (χ0) is 19.8. The Hall–Kier alpha value is -1.99. The van der Waals surface area contributed by atoms with E-state index in [1.807, 2.05) is 18.2 Å². The van der Waals surface area contributed by atoms with Gasteiger partial charge in [0.05, 0.1) is 33.5 Å². The average Bonchev–Trinajstić information content (AvgIpc) is 2.75. The third-order valence-electron chi connectivity index (χ3n) is 5.68. The summed E-state index contributed by atoms with van der Waals surface area (Å²) in [6.45, 7) is 3.63. The van der Waals surface area contributed by atoms with Crippen molar-refractivity contribution in [1.82, 2.24) is 15.5 Å². The highest BCUT2D eigenvalue weighted by Crippen LogP contribution is 2.32. The number of rotatable bonds is 7. The number of hydrogen-bond acceptors (Lipinski definition) is 5. The van der Waals surface area contributed by atoms with Crippen molar-refractivity contribution >= 4 is 6.03 Å². The minimum atomic E-state index is -0.0781. The van der Waals surface area contributed by atoms with E-state index in [0.29, 0.717) is 37.3 Å². The monoisotopic (exact) mass is 391 g/mol. The summed E-state index contributed by atoms with van der Waals surface area (Å²) in [5.74, 6) is 1.40. The van der Waals surface area contributed by atoms with Gasteiger partial charge in [-0.2, -0.15) is 0 Å². The van der Waals surface area contributed by atoms with E-state index in [1.165, 1.54) is 19.3 Å². The molecule has 2 N–H and O–H groups in total. The third-order valence-corrected chi connectivity index (χ3v) is 5.68. The molecule has 1 unspecified atom stereocenters. The second kappa shape index (κ2) is 10.5. The van der Waals surface area contributed by atoms with Gasteiger partial charge in [0.25, 0.3) is 0 Å². The lowest BCUT2D eigenvalue weighted by Crippen LogP contribution is -2.47. The number of ether oxygens (including phenoxy) is 3. The van der Waals surface area contributed by atoms with Gasteiger partial charge in [0.15, 0.2) is 11.5 Å². The van der Waals surface area contributed by atoms with Crippen LogP contribution in [-0.4, -0.2) is 64.0 Å². The molecule has 28 heavy (non-hydrogen) atoms.